The van der Waals surface area contributed by atoms with Gasteiger partial charge in [-0.05, 0) is 43.9 Å². The maximum atomic E-state index is 12.5. The highest BCUT2D eigenvalue weighted by molar-refractivity contribution is 5.89. The van der Waals surface area contributed by atoms with Crippen molar-refractivity contribution in [3.05, 3.63) is 59.3 Å². The van der Waals surface area contributed by atoms with E-state index in [0.717, 1.165) is 17.7 Å². The summed E-state index contributed by atoms with van der Waals surface area (Å²) in [7, 11) is 0. The minimum atomic E-state index is -0.639. The largest absolute Gasteiger partial charge is 0.384 e. The van der Waals surface area contributed by atoms with Crippen LogP contribution in [0.25, 0.3) is 0 Å². The first-order valence-corrected chi connectivity index (χ1v) is 9.77. The van der Waals surface area contributed by atoms with Crippen LogP contribution in [0.5, 0.6) is 0 Å². The SMILES string of the molecule is Cc1nc(N)ccc1CNC(=O)[C@H](C)NC(=O)C1CC(Cc2ccccc2)NN1. The average Bonchev–Trinajstić information content (AvgIpc) is 3.16. The van der Waals surface area contributed by atoms with Gasteiger partial charge in [-0.15, -0.1) is 0 Å². The summed E-state index contributed by atoms with van der Waals surface area (Å²) < 4.78 is 0. The van der Waals surface area contributed by atoms with Crippen molar-refractivity contribution >= 4 is 17.6 Å². The predicted octanol–water partition coefficient (Wildman–Crippen LogP) is 0.571. The average molecular weight is 396 g/mol. The molecule has 3 atom stereocenters. The Morgan fingerprint density at radius 3 is 2.69 bits per heavy atom. The summed E-state index contributed by atoms with van der Waals surface area (Å²) in [5.74, 6) is 0.00357. The molecule has 1 aromatic heterocycles. The fourth-order valence-corrected chi connectivity index (χ4v) is 3.34. The number of carbonyl (C=O) groups excluding carboxylic acids is 2. The van der Waals surface area contributed by atoms with Gasteiger partial charge in [0.25, 0.3) is 0 Å². The summed E-state index contributed by atoms with van der Waals surface area (Å²) in [5.41, 5.74) is 14.7. The number of aromatic nitrogens is 1. The van der Waals surface area contributed by atoms with Crippen LogP contribution in [-0.4, -0.2) is 34.9 Å². The molecule has 0 radical (unpaired) electrons. The number of hydrogen-bond acceptors (Lipinski definition) is 6. The first-order valence-electron chi connectivity index (χ1n) is 9.77. The van der Waals surface area contributed by atoms with E-state index in [4.69, 9.17) is 5.73 Å². The van der Waals surface area contributed by atoms with E-state index in [1.54, 1.807) is 13.0 Å². The molecule has 2 unspecified atom stereocenters. The molecule has 154 valence electrons. The molecule has 2 aromatic rings. The molecule has 1 saturated heterocycles. The Morgan fingerprint density at radius 2 is 1.97 bits per heavy atom. The van der Waals surface area contributed by atoms with Crippen LogP contribution in [0.3, 0.4) is 0 Å². The third-order valence-corrected chi connectivity index (χ3v) is 5.05. The van der Waals surface area contributed by atoms with Crippen LogP contribution in [0.4, 0.5) is 5.82 Å². The lowest BCUT2D eigenvalue weighted by Gasteiger charge is -2.17. The van der Waals surface area contributed by atoms with Gasteiger partial charge in [0.1, 0.15) is 17.9 Å². The van der Waals surface area contributed by atoms with E-state index < -0.39 is 6.04 Å². The third kappa shape index (κ3) is 5.75. The molecule has 29 heavy (non-hydrogen) atoms. The summed E-state index contributed by atoms with van der Waals surface area (Å²) in [4.78, 5) is 29.0. The number of amides is 2. The van der Waals surface area contributed by atoms with E-state index in [2.05, 4.69) is 38.6 Å². The number of nitrogens with zero attached hydrogens (tertiary/aromatic N) is 1. The fourth-order valence-electron chi connectivity index (χ4n) is 3.34. The highest BCUT2D eigenvalue weighted by atomic mass is 16.2. The van der Waals surface area contributed by atoms with Crippen molar-refractivity contribution in [1.82, 2.24) is 26.5 Å². The molecule has 1 aliphatic heterocycles. The summed E-state index contributed by atoms with van der Waals surface area (Å²) in [6.07, 6.45) is 1.49. The van der Waals surface area contributed by atoms with Crippen molar-refractivity contribution in [3.63, 3.8) is 0 Å². The Labute approximate surface area is 170 Å². The minimum absolute atomic E-state index is 0.165. The van der Waals surface area contributed by atoms with Crippen molar-refractivity contribution in [2.24, 2.45) is 0 Å². The molecule has 2 heterocycles. The molecule has 0 aliphatic carbocycles. The molecule has 0 saturated carbocycles. The molecule has 8 nitrogen and oxygen atoms in total. The molecule has 1 aliphatic rings. The molecule has 2 amide bonds. The maximum absolute atomic E-state index is 12.5. The number of pyridine rings is 1. The van der Waals surface area contributed by atoms with Crippen molar-refractivity contribution < 1.29 is 9.59 Å². The second kappa shape index (κ2) is 9.49. The Bertz CT molecular complexity index is 858. The van der Waals surface area contributed by atoms with Gasteiger partial charge in [0.05, 0.1) is 0 Å². The zero-order valence-electron chi connectivity index (χ0n) is 16.7. The second-order valence-electron chi connectivity index (χ2n) is 7.39. The summed E-state index contributed by atoms with van der Waals surface area (Å²) in [6.45, 7) is 3.85. The van der Waals surface area contributed by atoms with Gasteiger partial charge in [0.15, 0.2) is 0 Å². The zero-order valence-corrected chi connectivity index (χ0v) is 16.7. The van der Waals surface area contributed by atoms with Crippen LogP contribution in [0.2, 0.25) is 0 Å². The number of benzene rings is 1. The van der Waals surface area contributed by atoms with Crippen molar-refractivity contribution in [2.45, 2.75) is 51.4 Å². The van der Waals surface area contributed by atoms with Crippen LogP contribution >= 0.6 is 0 Å². The van der Waals surface area contributed by atoms with Crippen LogP contribution in [0.15, 0.2) is 42.5 Å². The maximum Gasteiger partial charge on any atom is 0.242 e. The van der Waals surface area contributed by atoms with Gasteiger partial charge in [0.2, 0.25) is 11.8 Å². The lowest BCUT2D eigenvalue weighted by molar-refractivity contribution is -0.129. The standard InChI is InChI=1S/C21H28N6O2/c1-13-16(8-9-19(22)24-13)12-23-20(28)14(2)25-21(29)18-11-17(26-27-18)10-15-6-4-3-5-7-15/h3-9,14,17-18,26-27H,10-12H2,1-2H3,(H2,22,24)(H,23,28)(H,25,29)/t14-,17?,18?/m0/s1. The van der Waals surface area contributed by atoms with E-state index in [9.17, 15) is 9.59 Å². The van der Waals surface area contributed by atoms with Crippen LogP contribution in [0, 0.1) is 6.92 Å². The first-order chi connectivity index (χ1) is 13.9. The van der Waals surface area contributed by atoms with Gasteiger partial charge >= 0.3 is 0 Å². The quantitative estimate of drug-likeness (QED) is 0.467. The number of rotatable bonds is 7. The van der Waals surface area contributed by atoms with Gasteiger partial charge in [-0.3, -0.25) is 15.0 Å². The number of aryl methyl sites for hydroxylation is 1. The summed E-state index contributed by atoms with van der Waals surface area (Å²) in [6, 6.07) is 12.8. The van der Waals surface area contributed by atoms with Crippen molar-refractivity contribution in [2.75, 3.05) is 5.73 Å². The number of nitrogens with two attached hydrogens (primary N) is 1. The molecule has 1 fully saturated rings. The zero-order chi connectivity index (χ0) is 20.8. The lowest BCUT2D eigenvalue weighted by Crippen LogP contribution is -2.50. The predicted molar refractivity (Wildman–Crippen MR) is 111 cm³/mol. The number of anilines is 1. The Hall–Kier alpha value is -2.97. The number of hydrazine groups is 1. The summed E-state index contributed by atoms with van der Waals surface area (Å²) in [5, 5.41) is 5.60. The lowest BCUT2D eigenvalue weighted by atomic mass is 10.0. The highest BCUT2D eigenvalue weighted by Gasteiger charge is 2.30. The van der Waals surface area contributed by atoms with Gasteiger partial charge in [-0.2, -0.15) is 0 Å². The Balaban J connectivity index is 1.44. The van der Waals surface area contributed by atoms with Crippen molar-refractivity contribution in [1.29, 1.82) is 0 Å². The molecule has 0 spiro atoms. The minimum Gasteiger partial charge on any atom is -0.384 e. The topological polar surface area (TPSA) is 121 Å². The molecule has 3 rings (SSSR count). The van der Waals surface area contributed by atoms with E-state index in [1.807, 2.05) is 31.2 Å². The molecule has 6 N–H and O–H groups in total. The van der Waals surface area contributed by atoms with Crippen molar-refractivity contribution in [3.8, 4) is 0 Å². The summed E-state index contributed by atoms with van der Waals surface area (Å²) >= 11 is 0. The van der Waals surface area contributed by atoms with E-state index in [0.29, 0.717) is 18.8 Å². The van der Waals surface area contributed by atoms with Gasteiger partial charge in [0, 0.05) is 18.3 Å². The second-order valence-corrected chi connectivity index (χ2v) is 7.39. The molecule has 8 heteroatoms. The monoisotopic (exact) mass is 396 g/mol. The first kappa shape index (κ1) is 20.8. The van der Waals surface area contributed by atoms with Crippen LogP contribution < -0.4 is 27.2 Å². The third-order valence-electron chi connectivity index (χ3n) is 5.05. The van der Waals surface area contributed by atoms with E-state index in [-0.39, 0.29) is 23.9 Å². The van der Waals surface area contributed by atoms with E-state index in [1.165, 1.54) is 5.56 Å². The van der Waals surface area contributed by atoms with E-state index >= 15 is 0 Å². The van der Waals surface area contributed by atoms with Crippen LogP contribution in [-0.2, 0) is 22.6 Å². The Kier molecular flexibility index (Phi) is 6.79. The Morgan fingerprint density at radius 1 is 1.21 bits per heavy atom. The fraction of sp³-hybridized carbons (Fsp3) is 0.381. The highest BCUT2D eigenvalue weighted by Crippen LogP contribution is 2.12. The van der Waals surface area contributed by atoms with Gasteiger partial charge < -0.3 is 16.4 Å². The normalized spacial score (nSPS) is 19.5. The molecule has 1 aromatic carbocycles. The number of hydrogen-bond donors (Lipinski definition) is 5. The smallest absolute Gasteiger partial charge is 0.242 e. The molecular formula is C21H28N6O2. The van der Waals surface area contributed by atoms with Crippen LogP contribution in [0.1, 0.15) is 30.2 Å². The molecular weight excluding hydrogens is 368 g/mol. The number of nitrogen functional groups attached to an aromatic ring is 1. The molecule has 0 bridgehead atoms. The number of carbonyl (C=O) groups is 2. The number of nitrogens with one attached hydrogen (secondary N) is 4. The van der Waals surface area contributed by atoms with Gasteiger partial charge in [-0.25, -0.2) is 10.4 Å². The van der Waals surface area contributed by atoms with Gasteiger partial charge in [-0.1, -0.05) is 36.4 Å².